The lowest BCUT2D eigenvalue weighted by Gasteiger charge is -2.13. The van der Waals surface area contributed by atoms with Crippen molar-refractivity contribution in [2.24, 2.45) is 11.7 Å². The summed E-state index contributed by atoms with van der Waals surface area (Å²) in [4.78, 5) is 20.0. The van der Waals surface area contributed by atoms with Crippen molar-refractivity contribution in [1.29, 1.82) is 0 Å². The molecule has 158 valence electrons. The number of nitrogens with two attached hydrogens (primary N) is 1. The molecule has 1 unspecified atom stereocenters. The molecule has 3 aromatic rings. The fraction of sp³-hybridized carbons (Fsp3) is 0.450. The summed E-state index contributed by atoms with van der Waals surface area (Å²) in [6.45, 7) is 6.69. The minimum atomic E-state index is -0.115. The molecule has 1 atom stereocenters. The molecular formula is C20H27Cl2N5OS. The van der Waals surface area contributed by atoms with E-state index in [1.54, 1.807) is 17.5 Å². The number of carbonyl (C=O) groups excluding carboxylic acids is 1. The Hall–Kier alpha value is -1.67. The summed E-state index contributed by atoms with van der Waals surface area (Å²) >= 11 is 1.67. The SMILES string of the molecule is Cc1ccc(-c2cc(C(=O)NCC(N)C3CC3)c3cnn(C(C)C)c3n2)s1.Cl.Cl. The Morgan fingerprint density at radius 1 is 1.34 bits per heavy atom. The molecule has 1 saturated carbocycles. The number of nitrogens with one attached hydrogen (secondary N) is 1. The molecule has 1 aliphatic rings. The quantitative estimate of drug-likeness (QED) is 0.577. The lowest BCUT2D eigenvalue weighted by Crippen LogP contribution is -2.38. The Kier molecular flexibility index (Phi) is 7.67. The monoisotopic (exact) mass is 455 g/mol. The third-order valence-electron chi connectivity index (χ3n) is 5.02. The summed E-state index contributed by atoms with van der Waals surface area (Å²) in [5, 5.41) is 8.25. The van der Waals surface area contributed by atoms with Gasteiger partial charge in [0.25, 0.3) is 5.91 Å². The summed E-state index contributed by atoms with van der Waals surface area (Å²) in [5.41, 5.74) is 8.30. The Bertz CT molecular complexity index is 996. The fourth-order valence-electron chi connectivity index (χ4n) is 3.28. The highest BCUT2D eigenvalue weighted by atomic mass is 35.5. The molecular weight excluding hydrogens is 429 g/mol. The summed E-state index contributed by atoms with van der Waals surface area (Å²) in [6, 6.07) is 6.19. The van der Waals surface area contributed by atoms with Gasteiger partial charge in [-0.25, -0.2) is 9.67 Å². The molecule has 0 aliphatic heterocycles. The molecule has 4 rings (SSSR count). The smallest absolute Gasteiger partial charge is 0.252 e. The van der Waals surface area contributed by atoms with E-state index in [4.69, 9.17) is 10.7 Å². The van der Waals surface area contributed by atoms with Crippen LogP contribution in [0.1, 0.15) is 48.0 Å². The van der Waals surface area contributed by atoms with Gasteiger partial charge in [0.1, 0.15) is 0 Å². The maximum Gasteiger partial charge on any atom is 0.252 e. The Morgan fingerprint density at radius 2 is 2.07 bits per heavy atom. The number of nitrogens with zero attached hydrogens (tertiary/aromatic N) is 3. The topological polar surface area (TPSA) is 85.8 Å². The lowest BCUT2D eigenvalue weighted by molar-refractivity contribution is 0.0952. The average Bonchev–Trinajstić information content (AvgIpc) is 3.26. The first-order valence-electron chi connectivity index (χ1n) is 9.43. The number of hydrogen-bond donors (Lipinski definition) is 2. The van der Waals surface area contributed by atoms with Crippen LogP contribution >= 0.6 is 36.2 Å². The second kappa shape index (κ2) is 9.43. The molecule has 0 radical (unpaired) electrons. The Morgan fingerprint density at radius 3 is 2.66 bits per heavy atom. The van der Waals surface area contributed by atoms with E-state index >= 15 is 0 Å². The first-order chi connectivity index (χ1) is 12.9. The maximum atomic E-state index is 12.9. The molecule has 3 aromatic heterocycles. The van der Waals surface area contributed by atoms with Crippen molar-refractivity contribution in [3.05, 3.63) is 34.8 Å². The summed E-state index contributed by atoms with van der Waals surface area (Å²) in [6.07, 6.45) is 4.07. The average molecular weight is 456 g/mol. The van der Waals surface area contributed by atoms with Crippen molar-refractivity contribution in [2.45, 2.75) is 45.7 Å². The van der Waals surface area contributed by atoms with Gasteiger partial charge in [-0.3, -0.25) is 4.79 Å². The van der Waals surface area contributed by atoms with E-state index in [-0.39, 0.29) is 42.8 Å². The molecule has 1 amide bonds. The number of thiophene rings is 1. The first kappa shape index (κ1) is 23.6. The number of halogens is 2. The van der Waals surface area contributed by atoms with Gasteiger partial charge in [0, 0.05) is 23.5 Å². The standard InChI is InChI=1S/C20H25N5OS.2ClH/c1-11(2)25-19-15(9-23-25)14(20(26)22-10-16(21)13-5-6-13)8-17(24-19)18-7-4-12(3)27-18;;/h4,7-9,11,13,16H,5-6,10,21H2,1-3H3,(H,22,26);2*1H. The van der Waals surface area contributed by atoms with E-state index in [1.165, 1.54) is 17.7 Å². The molecule has 9 heteroatoms. The minimum Gasteiger partial charge on any atom is -0.350 e. The molecule has 0 saturated heterocycles. The van der Waals surface area contributed by atoms with Crippen LogP contribution in [0.2, 0.25) is 0 Å². The van der Waals surface area contributed by atoms with Crippen LogP contribution in [0.4, 0.5) is 0 Å². The number of amides is 1. The molecule has 1 fully saturated rings. The van der Waals surface area contributed by atoms with Crippen LogP contribution in [0.3, 0.4) is 0 Å². The fourth-order valence-corrected chi connectivity index (χ4v) is 4.11. The van der Waals surface area contributed by atoms with Gasteiger partial charge in [0.15, 0.2) is 5.65 Å². The zero-order valence-electron chi connectivity index (χ0n) is 16.7. The number of aromatic nitrogens is 3. The molecule has 3 N–H and O–H groups in total. The van der Waals surface area contributed by atoms with Crippen LogP contribution in [-0.4, -0.2) is 33.3 Å². The van der Waals surface area contributed by atoms with Crippen molar-refractivity contribution >= 4 is 53.1 Å². The van der Waals surface area contributed by atoms with Crippen molar-refractivity contribution in [3.63, 3.8) is 0 Å². The number of pyridine rings is 1. The van der Waals surface area contributed by atoms with Crippen LogP contribution in [0.25, 0.3) is 21.6 Å². The van der Waals surface area contributed by atoms with E-state index in [1.807, 2.05) is 10.7 Å². The predicted octanol–water partition coefficient (Wildman–Crippen LogP) is 4.36. The van der Waals surface area contributed by atoms with Crippen molar-refractivity contribution in [1.82, 2.24) is 20.1 Å². The van der Waals surface area contributed by atoms with Gasteiger partial charge in [-0.05, 0) is 57.7 Å². The second-order valence-corrected chi connectivity index (χ2v) is 8.88. The van der Waals surface area contributed by atoms with E-state index < -0.39 is 0 Å². The molecule has 3 heterocycles. The largest absolute Gasteiger partial charge is 0.350 e. The van der Waals surface area contributed by atoms with E-state index in [2.05, 4.69) is 43.3 Å². The number of rotatable bonds is 6. The lowest BCUT2D eigenvalue weighted by atomic mass is 10.1. The molecule has 0 spiro atoms. The minimum absolute atomic E-state index is 0. The van der Waals surface area contributed by atoms with Gasteiger partial charge < -0.3 is 11.1 Å². The van der Waals surface area contributed by atoms with Crippen molar-refractivity contribution in [3.8, 4) is 10.6 Å². The van der Waals surface area contributed by atoms with Gasteiger partial charge in [-0.1, -0.05) is 0 Å². The Labute approximate surface area is 187 Å². The normalized spacial score (nSPS) is 14.4. The summed E-state index contributed by atoms with van der Waals surface area (Å²) in [5.74, 6) is 0.437. The molecule has 6 nitrogen and oxygen atoms in total. The van der Waals surface area contributed by atoms with Gasteiger partial charge in [-0.15, -0.1) is 36.2 Å². The second-order valence-electron chi connectivity index (χ2n) is 7.60. The van der Waals surface area contributed by atoms with E-state index in [0.717, 1.165) is 21.6 Å². The molecule has 29 heavy (non-hydrogen) atoms. The number of hydrogen-bond acceptors (Lipinski definition) is 5. The number of aryl methyl sites for hydroxylation is 1. The predicted molar refractivity (Wildman–Crippen MR) is 123 cm³/mol. The zero-order chi connectivity index (χ0) is 19.1. The molecule has 1 aliphatic carbocycles. The van der Waals surface area contributed by atoms with Gasteiger partial charge in [0.2, 0.25) is 0 Å². The Balaban J connectivity index is 0.00000150. The van der Waals surface area contributed by atoms with Crippen LogP contribution < -0.4 is 11.1 Å². The third-order valence-corrected chi connectivity index (χ3v) is 6.04. The van der Waals surface area contributed by atoms with Crippen molar-refractivity contribution in [2.75, 3.05) is 6.54 Å². The number of fused-ring (bicyclic) bond motifs is 1. The van der Waals surface area contributed by atoms with Gasteiger partial charge >= 0.3 is 0 Å². The van der Waals surface area contributed by atoms with Gasteiger partial charge in [0.05, 0.1) is 27.7 Å². The van der Waals surface area contributed by atoms with Crippen LogP contribution in [0.15, 0.2) is 24.4 Å². The van der Waals surface area contributed by atoms with Gasteiger partial charge in [-0.2, -0.15) is 5.10 Å². The molecule has 0 aromatic carbocycles. The highest BCUT2D eigenvalue weighted by Gasteiger charge is 2.29. The highest BCUT2D eigenvalue weighted by Crippen LogP contribution is 2.32. The highest BCUT2D eigenvalue weighted by molar-refractivity contribution is 7.15. The number of carbonyl (C=O) groups is 1. The molecule has 0 bridgehead atoms. The van der Waals surface area contributed by atoms with Crippen LogP contribution in [0, 0.1) is 12.8 Å². The third kappa shape index (κ3) is 4.91. The van der Waals surface area contributed by atoms with E-state index in [0.29, 0.717) is 18.0 Å². The summed E-state index contributed by atoms with van der Waals surface area (Å²) in [7, 11) is 0. The first-order valence-corrected chi connectivity index (χ1v) is 10.2. The van der Waals surface area contributed by atoms with E-state index in [9.17, 15) is 4.79 Å². The summed E-state index contributed by atoms with van der Waals surface area (Å²) < 4.78 is 1.87. The zero-order valence-corrected chi connectivity index (χ0v) is 19.2. The van der Waals surface area contributed by atoms with Crippen molar-refractivity contribution < 1.29 is 4.79 Å². The maximum absolute atomic E-state index is 12.9. The van der Waals surface area contributed by atoms with Crippen LogP contribution in [0.5, 0.6) is 0 Å². The van der Waals surface area contributed by atoms with Crippen LogP contribution in [-0.2, 0) is 0 Å².